The summed E-state index contributed by atoms with van der Waals surface area (Å²) in [6, 6.07) is 8.41. The molecule has 136 valence electrons. The zero-order chi connectivity index (χ0) is 18.0. The Morgan fingerprint density at radius 3 is 2.52 bits per heavy atom. The third-order valence-electron chi connectivity index (χ3n) is 5.35. The van der Waals surface area contributed by atoms with E-state index in [4.69, 9.17) is 0 Å². The van der Waals surface area contributed by atoms with Crippen LogP contribution in [-0.2, 0) is 16.1 Å². The summed E-state index contributed by atoms with van der Waals surface area (Å²) in [5.74, 6) is 0.365. The Bertz CT molecular complexity index is 636. The maximum atomic E-state index is 12.8. The van der Waals surface area contributed by atoms with Crippen molar-refractivity contribution in [2.75, 3.05) is 26.7 Å². The number of likely N-dealkylation sites (N-methyl/N-ethyl adjacent to an activating group) is 1. The highest BCUT2D eigenvalue weighted by atomic mass is 16.2. The van der Waals surface area contributed by atoms with Crippen molar-refractivity contribution in [3.8, 4) is 0 Å². The van der Waals surface area contributed by atoms with Crippen molar-refractivity contribution in [2.24, 2.45) is 11.8 Å². The van der Waals surface area contributed by atoms with Gasteiger partial charge in [-0.3, -0.25) is 14.5 Å². The number of rotatable bonds is 3. The second-order valence-electron chi connectivity index (χ2n) is 7.71. The molecule has 0 aromatic heterocycles. The molecule has 0 radical (unpaired) electrons. The Kier molecular flexibility index (Phi) is 5.42. The first-order valence-corrected chi connectivity index (χ1v) is 9.31. The minimum absolute atomic E-state index is 0.00982. The number of carbonyl (C=O) groups is 2. The fourth-order valence-corrected chi connectivity index (χ4v) is 3.92. The van der Waals surface area contributed by atoms with E-state index in [1.165, 1.54) is 11.1 Å². The van der Waals surface area contributed by atoms with Crippen molar-refractivity contribution >= 4 is 11.8 Å². The van der Waals surface area contributed by atoms with Gasteiger partial charge < -0.3 is 10.2 Å². The SMILES string of the molecule is CC(C)C(=O)N1CCC(C(=O)NC2CN(C)Cc3ccccc32)CC1. The molecule has 1 fully saturated rings. The number of benzene rings is 1. The van der Waals surface area contributed by atoms with Crippen LogP contribution in [-0.4, -0.2) is 48.3 Å². The van der Waals surface area contributed by atoms with E-state index in [1.54, 1.807) is 0 Å². The number of hydrogen-bond acceptors (Lipinski definition) is 3. The topological polar surface area (TPSA) is 52.7 Å². The highest BCUT2D eigenvalue weighted by molar-refractivity contribution is 5.81. The Morgan fingerprint density at radius 1 is 1.16 bits per heavy atom. The molecule has 0 bridgehead atoms. The van der Waals surface area contributed by atoms with Gasteiger partial charge in [-0.1, -0.05) is 38.1 Å². The van der Waals surface area contributed by atoms with Crippen molar-refractivity contribution < 1.29 is 9.59 Å². The molecule has 3 rings (SSSR count). The fraction of sp³-hybridized carbons (Fsp3) is 0.600. The van der Waals surface area contributed by atoms with Crippen LogP contribution in [0.15, 0.2) is 24.3 Å². The van der Waals surface area contributed by atoms with Crippen LogP contribution in [0.5, 0.6) is 0 Å². The molecule has 0 spiro atoms. The lowest BCUT2D eigenvalue weighted by Crippen LogP contribution is -2.46. The number of nitrogens with zero attached hydrogens (tertiary/aromatic N) is 2. The van der Waals surface area contributed by atoms with Gasteiger partial charge in [-0.25, -0.2) is 0 Å². The van der Waals surface area contributed by atoms with E-state index in [-0.39, 0.29) is 29.7 Å². The Balaban J connectivity index is 1.60. The molecule has 2 aliphatic rings. The van der Waals surface area contributed by atoms with Crippen LogP contribution in [0.2, 0.25) is 0 Å². The Labute approximate surface area is 150 Å². The number of likely N-dealkylation sites (tertiary alicyclic amines) is 1. The van der Waals surface area contributed by atoms with E-state index in [0.717, 1.165) is 25.9 Å². The van der Waals surface area contributed by atoms with Crippen LogP contribution in [0.25, 0.3) is 0 Å². The third-order valence-corrected chi connectivity index (χ3v) is 5.35. The van der Waals surface area contributed by atoms with Crippen LogP contribution in [0, 0.1) is 11.8 Å². The van der Waals surface area contributed by atoms with Crippen molar-refractivity contribution in [1.82, 2.24) is 15.1 Å². The molecule has 25 heavy (non-hydrogen) atoms. The van der Waals surface area contributed by atoms with E-state index in [0.29, 0.717) is 13.1 Å². The number of carbonyl (C=O) groups excluding carboxylic acids is 2. The van der Waals surface area contributed by atoms with Crippen LogP contribution in [0.4, 0.5) is 0 Å². The molecule has 1 aromatic carbocycles. The lowest BCUT2D eigenvalue weighted by atomic mass is 9.92. The molecule has 2 heterocycles. The normalized spacial score (nSPS) is 21.9. The summed E-state index contributed by atoms with van der Waals surface area (Å²) in [5, 5.41) is 3.26. The van der Waals surface area contributed by atoms with Crippen molar-refractivity contribution in [1.29, 1.82) is 0 Å². The summed E-state index contributed by atoms with van der Waals surface area (Å²) in [6.07, 6.45) is 1.52. The van der Waals surface area contributed by atoms with E-state index in [1.807, 2.05) is 24.8 Å². The minimum Gasteiger partial charge on any atom is -0.348 e. The lowest BCUT2D eigenvalue weighted by molar-refractivity contribution is -0.138. The largest absolute Gasteiger partial charge is 0.348 e. The number of fused-ring (bicyclic) bond motifs is 1. The summed E-state index contributed by atoms with van der Waals surface area (Å²) in [4.78, 5) is 29.0. The van der Waals surface area contributed by atoms with Gasteiger partial charge in [-0.15, -0.1) is 0 Å². The molecular formula is C20H29N3O2. The van der Waals surface area contributed by atoms with Gasteiger partial charge in [0, 0.05) is 38.0 Å². The summed E-state index contributed by atoms with van der Waals surface area (Å²) in [5.41, 5.74) is 2.53. The second kappa shape index (κ2) is 7.56. The molecule has 1 atom stereocenters. The van der Waals surface area contributed by atoms with Crippen molar-refractivity contribution in [2.45, 2.75) is 39.3 Å². The predicted molar refractivity (Wildman–Crippen MR) is 97.8 cm³/mol. The van der Waals surface area contributed by atoms with Gasteiger partial charge in [0.05, 0.1) is 6.04 Å². The molecule has 0 aliphatic carbocycles. The summed E-state index contributed by atoms with van der Waals surface area (Å²) < 4.78 is 0. The number of hydrogen-bond donors (Lipinski definition) is 1. The Hall–Kier alpha value is -1.88. The van der Waals surface area contributed by atoms with Crippen LogP contribution < -0.4 is 5.32 Å². The maximum Gasteiger partial charge on any atom is 0.225 e. The molecule has 2 aliphatic heterocycles. The molecule has 1 unspecified atom stereocenters. The van der Waals surface area contributed by atoms with Gasteiger partial charge in [0.2, 0.25) is 11.8 Å². The summed E-state index contributed by atoms with van der Waals surface area (Å²) in [7, 11) is 2.09. The van der Waals surface area contributed by atoms with E-state index in [2.05, 4.69) is 35.5 Å². The Morgan fingerprint density at radius 2 is 1.84 bits per heavy atom. The van der Waals surface area contributed by atoms with Gasteiger partial charge in [-0.05, 0) is 31.0 Å². The smallest absolute Gasteiger partial charge is 0.225 e. The minimum atomic E-state index is 0.00982. The molecule has 2 amide bonds. The predicted octanol–water partition coefficient (Wildman–Crippen LogP) is 2.18. The maximum absolute atomic E-state index is 12.8. The summed E-state index contributed by atoms with van der Waals surface area (Å²) >= 11 is 0. The highest BCUT2D eigenvalue weighted by Gasteiger charge is 2.31. The zero-order valence-electron chi connectivity index (χ0n) is 15.5. The quantitative estimate of drug-likeness (QED) is 0.915. The standard InChI is InChI=1S/C20H29N3O2/c1-14(2)20(25)23-10-8-15(9-11-23)19(24)21-18-13-22(3)12-16-6-4-5-7-17(16)18/h4-7,14-15,18H,8-13H2,1-3H3,(H,21,24). The monoisotopic (exact) mass is 343 g/mol. The number of piperidine rings is 1. The van der Waals surface area contributed by atoms with Crippen LogP contribution in [0.1, 0.15) is 43.9 Å². The number of nitrogens with one attached hydrogen (secondary N) is 1. The molecule has 1 N–H and O–H groups in total. The first-order chi connectivity index (χ1) is 12.0. The highest BCUT2D eigenvalue weighted by Crippen LogP contribution is 2.27. The summed E-state index contributed by atoms with van der Waals surface area (Å²) in [6.45, 7) is 7.01. The first-order valence-electron chi connectivity index (χ1n) is 9.31. The van der Waals surface area contributed by atoms with Gasteiger partial charge in [-0.2, -0.15) is 0 Å². The molecule has 0 saturated carbocycles. The lowest BCUT2D eigenvalue weighted by Gasteiger charge is -2.36. The number of amides is 2. The first kappa shape index (κ1) is 17.9. The molecule has 5 heteroatoms. The van der Waals surface area contributed by atoms with E-state index >= 15 is 0 Å². The van der Waals surface area contributed by atoms with Crippen LogP contribution >= 0.6 is 0 Å². The van der Waals surface area contributed by atoms with Crippen molar-refractivity contribution in [3.63, 3.8) is 0 Å². The zero-order valence-corrected chi connectivity index (χ0v) is 15.5. The van der Waals surface area contributed by atoms with E-state index in [9.17, 15) is 9.59 Å². The molecule has 5 nitrogen and oxygen atoms in total. The van der Waals surface area contributed by atoms with Gasteiger partial charge in [0.1, 0.15) is 0 Å². The fourth-order valence-electron chi connectivity index (χ4n) is 3.92. The van der Waals surface area contributed by atoms with Crippen molar-refractivity contribution in [3.05, 3.63) is 35.4 Å². The average molecular weight is 343 g/mol. The molecular weight excluding hydrogens is 314 g/mol. The second-order valence-corrected chi connectivity index (χ2v) is 7.71. The van der Waals surface area contributed by atoms with Crippen LogP contribution in [0.3, 0.4) is 0 Å². The molecule has 1 saturated heterocycles. The molecule has 1 aromatic rings. The van der Waals surface area contributed by atoms with Gasteiger partial charge in [0.15, 0.2) is 0 Å². The van der Waals surface area contributed by atoms with Gasteiger partial charge >= 0.3 is 0 Å². The third kappa shape index (κ3) is 4.03. The van der Waals surface area contributed by atoms with E-state index < -0.39 is 0 Å². The average Bonchev–Trinajstić information content (AvgIpc) is 2.61. The van der Waals surface area contributed by atoms with Gasteiger partial charge in [0.25, 0.3) is 0 Å².